The Kier molecular flexibility index (Phi) is 2.86. The van der Waals surface area contributed by atoms with Crippen molar-refractivity contribution >= 4 is 44.8 Å². The summed E-state index contributed by atoms with van der Waals surface area (Å²) in [6.45, 7) is 0. The van der Waals surface area contributed by atoms with Crippen LogP contribution >= 0.6 is 38.9 Å². The van der Waals surface area contributed by atoms with Crippen molar-refractivity contribution in [1.82, 2.24) is 4.98 Å². The summed E-state index contributed by atoms with van der Waals surface area (Å²) in [5.41, 5.74) is 0.413. The van der Waals surface area contributed by atoms with Crippen LogP contribution in [0.5, 0.6) is 0 Å². The van der Waals surface area contributed by atoms with Crippen LogP contribution in [-0.2, 0) is 11.2 Å². The molecule has 6 heteroatoms. The number of thiazole rings is 1. The van der Waals surface area contributed by atoms with Gasteiger partial charge >= 0.3 is 5.97 Å². The monoisotopic (exact) mass is 255 g/mol. The third-order valence-electron chi connectivity index (χ3n) is 0.942. The molecule has 0 radical (unpaired) electrons. The highest BCUT2D eigenvalue weighted by atomic mass is 79.9. The van der Waals surface area contributed by atoms with Gasteiger partial charge in [-0.3, -0.25) is 4.79 Å². The van der Waals surface area contributed by atoms with E-state index in [-0.39, 0.29) is 6.42 Å². The van der Waals surface area contributed by atoms with Gasteiger partial charge in [0.05, 0.1) is 12.1 Å². The highest BCUT2D eigenvalue weighted by molar-refractivity contribution is 9.11. The van der Waals surface area contributed by atoms with Crippen molar-refractivity contribution in [3.8, 4) is 0 Å². The van der Waals surface area contributed by atoms with Crippen LogP contribution in [0.25, 0.3) is 0 Å². The SMILES string of the molecule is O=C(O)Cc1nc(Br)sc1Cl. The molecular weight excluding hydrogens is 253 g/mol. The second kappa shape index (κ2) is 3.51. The first-order valence-corrected chi connectivity index (χ1v) is 4.61. The first-order chi connectivity index (χ1) is 5.09. The molecule has 0 aliphatic heterocycles. The number of rotatable bonds is 2. The fraction of sp³-hybridized carbons (Fsp3) is 0.200. The molecule has 0 aliphatic carbocycles. The van der Waals surface area contributed by atoms with Gasteiger partial charge in [-0.15, -0.1) is 0 Å². The highest BCUT2D eigenvalue weighted by Crippen LogP contribution is 2.27. The number of aliphatic carboxylic acids is 1. The normalized spacial score (nSPS) is 10.0. The molecule has 1 aromatic rings. The minimum atomic E-state index is -0.926. The molecule has 0 saturated heterocycles. The number of halogens is 2. The van der Waals surface area contributed by atoms with Gasteiger partial charge in [-0.1, -0.05) is 22.9 Å². The number of hydrogen-bond acceptors (Lipinski definition) is 3. The number of carbonyl (C=O) groups is 1. The lowest BCUT2D eigenvalue weighted by atomic mass is 10.3. The minimum Gasteiger partial charge on any atom is -0.481 e. The van der Waals surface area contributed by atoms with Gasteiger partial charge in [0.1, 0.15) is 4.34 Å². The van der Waals surface area contributed by atoms with E-state index in [9.17, 15) is 4.79 Å². The summed E-state index contributed by atoms with van der Waals surface area (Å²) < 4.78 is 1.04. The van der Waals surface area contributed by atoms with Crippen LogP contribution < -0.4 is 0 Å². The molecule has 1 heterocycles. The summed E-state index contributed by atoms with van der Waals surface area (Å²) in [4.78, 5) is 14.1. The zero-order valence-electron chi connectivity index (χ0n) is 5.17. The van der Waals surface area contributed by atoms with Crippen LogP contribution in [-0.4, -0.2) is 16.1 Å². The van der Waals surface area contributed by atoms with Gasteiger partial charge in [-0.2, -0.15) is 0 Å². The average molecular weight is 257 g/mol. The maximum absolute atomic E-state index is 10.2. The lowest BCUT2D eigenvalue weighted by molar-refractivity contribution is -0.136. The molecule has 3 nitrogen and oxygen atoms in total. The minimum absolute atomic E-state index is 0.124. The van der Waals surface area contributed by atoms with E-state index in [1.807, 2.05) is 0 Å². The Morgan fingerprint density at radius 1 is 1.82 bits per heavy atom. The molecule has 60 valence electrons. The average Bonchev–Trinajstić information content (AvgIpc) is 2.09. The van der Waals surface area contributed by atoms with Crippen LogP contribution in [0.15, 0.2) is 3.92 Å². The number of carboxylic acids is 1. The van der Waals surface area contributed by atoms with E-state index in [1.54, 1.807) is 0 Å². The fourth-order valence-electron chi connectivity index (χ4n) is 0.558. The van der Waals surface area contributed by atoms with Crippen LogP contribution in [0.3, 0.4) is 0 Å². The number of carboxylic acid groups (broad SMARTS) is 1. The molecule has 1 aromatic heterocycles. The van der Waals surface area contributed by atoms with E-state index in [2.05, 4.69) is 20.9 Å². The number of aromatic nitrogens is 1. The van der Waals surface area contributed by atoms with Gasteiger partial charge in [0, 0.05) is 0 Å². The standard InChI is InChI=1S/C5H3BrClNO2S/c6-5-8-2(1-3(9)10)4(7)11-5/h1H2,(H,9,10). The molecule has 0 atom stereocenters. The van der Waals surface area contributed by atoms with E-state index in [4.69, 9.17) is 16.7 Å². The second-order valence-corrected chi connectivity index (χ2v) is 4.63. The topological polar surface area (TPSA) is 50.2 Å². The molecule has 0 aliphatic rings. The summed E-state index contributed by atoms with van der Waals surface area (Å²) in [6, 6.07) is 0. The summed E-state index contributed by atoms with van der Waals surface area (Å²) in [5, 5.41) is 8.39. The van der Waals surface area contributed by atoms with Crippen molar-refractivity contribution in [2.45, 2.75) is 6.42 Å². The molecule has 0 saturated carbocycles. The maximum atomic E-state index is 10.2. The molecule has 0 spiro atoms. The van der Waals surface area contributed by atoms with Crippen molar-refractivity contribution < 1.29 is 9.90 Å². The molecule has 11 heavy (non-hydrogen) atoms. The lowest BCUT2D eigenvalue weighted by Crippen LogP contribution is -2.00. The fourth-order valence-corrected chi connectivity index (χ4v) is 2.40. The largest absolute Gasteiger partial charge is 0.481 e. The molecule has 0 unspecified atom stereocenters. The Morgan fingerprint density at radius 2 is 2.45 bits per heavy atom. The quantitative estimate of drug-likeness (QED) is 0.882. The molecule has 0 bridgehead atoms. The number of hydrogen-bond donors (Lipinski definition) is 1. The highest BCUT2D eigenvalue weighted by Gasteiger charge is 2.10. The second-order valence-electron chi connectivity index (χ2n) is 1.76. The predicted octanol–water partition coefficient (Wildman–Crippen LogP) is 2.19. The molecule has 1 N–H and O–H groups in total. The molecule has 0 amide bonds. The smallest absolute Gasteiger partial charge is 0.309 e. The predicted molar refractivity (Wildman–Crippen MR) is 46.2 cm³/mol. The van der Waals surface area contributed by atoms with Crippen molar-refractivity contribution in [2.24, 2.45) is 0 Å². The summed E-state index contributed by atoms with van der Waals surface area (Å²) in [5.74, 6) is -0.926. The first-order valence-electron chi connectivity index (χ1n) is 2.62. The Morgan fingerprint density at radius 3 is 2.82 bits per heavy atom. The van der Waals surface area contributed by atoms with Gasteiger partial charge in [0.2, 0.25) is 0 Å². The zero-order chi connectivity index (χ0) is 8.43. The Labute approximate surface area is 80.1 Å². The van der Waals surface area contributed by atoms with E-state index >= 15 is 0 Å². The molecular formula is C5H3BrClNO2S. The Hall–Kier alpha value is -0.130. The zero-order valence-corrected chi connectivity index (χ0v) is 8.33. The van der Waals surface area contributed by atoms with Crippen molar-refractivity contribution in [2.75, 3.05) is 0 Å². The van der Waals surface area contributed by atoms with Gasteiger partial charge in [-0.25, -0.2) is 4.98 Å². The van der Waals surface area contributed by atoms with Crippen LogP contribution in [0, 0.1) is 0 Å². The number of nitrogens with zero attached hydrogens (tertiary/aromatic N) is 1. The van der Waals surface area contributed by atoms with Crippen LogP contribution in [0.4, 0.5) is 0 Å². The van der Waals surface area contributed by atoms with Crippen molar-refractivity contribution in [3.63, 3.8) is 0 Å². The summed E-state index contributed by atoms with van der Waals surface area (Å²) in [6.07, 6.45) is -0.124. The first kappa shape index (κ1) is 8.96. The Bertz CT molecular complexity index is 288. The Balaban J connectivity index is 2.85. The summed E-state index contributed by atoms with van der Waals surface area (Å²) >= 11 is 9.97. The molecule has 0 fully saturated rings. The maximum Gasteiger partial charge on any atom is 0.309 e. The van der Waals surface area contributed by atoms with Crippen molar-refractivity contribution in [1.29, 1.82) is 0 Å². The van der Waals surface area contributed by atoms with Gasteiger partial charge in [0.25, 0.3) is 0 Å². The van der Waals surface area contributed by atoms with Crippen LogP contribution in [0.2, 0.25) is 4.34 Å². The third-order valence-corrected chi connectivity index (χ3v) is 2.73. The van der Waals surface area contributed by atoms with E-state index in [1.165, 1.54) is 11.3 Å². The summed E-state index contributed by atoms with van der Waals surface area (Å²) in [7, 11) is 0. The van der Waals surface area contributed by atoms with Gasteiger partial charge in [-0.05, 0) is 15.9 Å². The van der Waals surface area contributed by atoms with Crippen LogP contribution in [0.1, 0.15) is 5.69 Å². The van der Waals surface area contributed by atoms with Gasteiger partial charge < -0.3 is 5.11 Å². The van der Waals surface area contributed by atoms with Crippen molar-refractivity contribution in [3.05, 3.63) is 13.9 Å². The van der Waals surface area contributed by atoms with E-state index in [0.29, 0.717) is 13.9 Å². The van der Waals surface area contributed by atoms with Gasteiger partial charge in [0.15, 0.2) is 3.92 Å². The molecule has 1 rings (SSSR count). The van der Waals surface area contributed by atoms with E-state index < -0.39 is 5.97 Å². The lowest BCUT2D eigenvalue weighted by Gasteiger charge is -1.88. The third kappa shape index (κ3) is 2.43. The molecule has 0 aromatic carbocycles. The van der Waals surface area contributed by atoms with E-state index in [0.717, 1.165) is 0 Å².